The Labute approximate surface area is 153 Å². The van der Waals surface area contributed by atoms with Gasteiger partial charge >= 0.3 is 5.97 Å². The first-order chi connectivity index (χ1) is 12.7. The van der Waals surface area contributed by atoms with Gasteiger partial charge in [-0.05, 0) is 43.4 Å². The lowest BCUT2D eigenvalue weighted by Gasteiger charge is -2.08. The molecule has 1 aliphatic rings. The highest BCUT2D eigenvalue weighted by atomic mass is 16.4. The molecule has 0 bridgehead atoms. The van der Waals surface area contributed by atoms with Crippen molar-refractivity contribution in [3.63, 3.8) is 0 Å². The molecule has 0 unspecified atom stereocenters. The number of aromatic nitrogens is 3. The molecule has 0 fully saturated rings. The summed E-state index contributed by atoms with van der Waals surface area (Å²) in [5.41, 5.74) is 6.13. The molecule has 5 heteroatoms. The lowest BCUT2D eigenvalue weighted by molar-refractivity contribution is 0.0697. The lowest BCUT2D eigenvalue weighted by Crippen LogP contribution is -2.01. The number of imidazole rings is 1. The van der Waals surface area contributed by atoms with Crippen molar-refractivity contribution in [2.75, 3.05) is 0 Å². The molecule has 0 saturated carbocycles. The number of nitrogens with zero attached hydrogens (tertiary/aromatic N) is 2. The van der Waals surface area contributed by atoms with Crippen molar-refractivity contribution in [3.8, 4) is 11.4 Å². The Bertz CT molecular complexity index is 952. The molecule has 0 saturated heterocycles. The average Bonchev–Trinajstić information content (AvgIpc) is 3.16. The van der Waals surface area contributed by atoms with Crippen LogP contribution in [0.1, 0.15) is 60.6 Å². The summed E-state index contributed by atoms with van der Waals surface area (Å²) in [5, 5.41) is 10.6. The number of unbranched alkanes of at least 4 members (excludes halogenated alkanes) is 3. The van der Waals surface area contributed by atoms with Crippen molar-refractivity contribution in [2.24, 2.45) is 0 Å². The fraction of sp³-hybridized carbons (Fsp3) is 0.429. The Kier molecular flexibility index (Phi) is 4.53. The normalized spacial score (nSPS) is 13.4. The minimum atomic E-state index is -0.874. The molecule has 3 aromatic rings. The van der Waals surface area contributed by atoms with Crippen molar-refractivity contribution in [2.45, 2.75) is 58.4 Å². The van der Waals surface area contributed by atoms with E-state index >= 15 is 0 Å². The Morgan fingerprint density at radius 1 is 1.31 bits per heavy atom. The van der Waals surface area contributed by atoms with E-state index in [-0.39, 0.29) is 0 Å². The van der Waals surface area contributed by atoms with Gasteiger partial charge in [-0.3, -0.25) is 0 Å². The number of H-pyrrole nitrogens is 1. The Morgan fingerprint density at radius 3 is 3.00 bits per heavy atom. The minimum Gasteiger partial charge on any atom is -0.478 e. The summed E-state index contributed by atoms with van der Waals surface area (Å²) >= 11 is 0. The molecular weight excluding hydrogens is 326 g/mol. The van der Waals surface area contributed by atoms with Crippen LogP contribution in [0.2, 0.25) is 0 Å². The number of rotatable bonds is 6. The van der Waals surface area contributed by atoms with Crippen molar-refractivity contribution in [3.05, 3.63) is 41.3 Å². The summed E-state index contributed by atoms with van der Waals surface area (Å²) < 4.78 is 2.30. The van der Waals surface area contributed by atoms with Crippen LogP contribution in [0.25, 0.3) is 22.3 Å². The molecule has 0 amide bonds. The van der Waals surface area contributed by atoms with Gasteiger partial charge in [0.25, 0.3) is 0 Å². The summed E-state index contributed by atoms with van der Waals surface area (Å²) in [4.78, 5) is 19.4. The van der Waals surface area contributed by atoms with Crippen LogP contribution >= 0.6 is 0 Å². The quantitative estimate of drug-likeness (QED) is 0.627. The highest BCUT2D eigenvalue weighted by Gasteiger charge is 2.24. The van der Waals surface area contributed by atoms with E-state index in [1.165, 1.54) is 41.6 Å². The molecule has 136 valence electrons. The molecule has 0 radical (unpaired) electrons. The van der Waals surface area contributed by atoms with Gasteiger partial charge in [0.05, 0.1) is 17.6 Å². The summed E-state index contributed by atoms with van der Waals surface area (Å²) in [6, 6.07) is 5.54. The first-order valence-corrected chi connectivity index (χ1v) is 9.61. The van der Waals surface area contributed by atoms with E-state index in [1.807, 2.05) is 12.1 Å². The second-order valence-corrected chi connectivity index (χ2v) is 7.16. The van der Waals surface area contributed by atoms with Crippen LogP contribution in [0.15, 0.2) is 24.5 Å². The van der Waals surface area contributed by atoms with Crippen LogP contribution in [0, 0.1) is 0 Å². The zero-order valence-corrected chi connectivity index (χ0v) is 15.2. The Balaban J connectivity index is 1.89. The van der Waals surface area contributed by atoms with Gasteiger partial charge in [-0.2, -0.15) is 0 Å². The molecular formula is C21H25N3O2. The van der Waals surface area contributed by atoms with Crippen LogP contribution < -0.4 is 0 Å². The molecule has 4 rings (SSSR count). The van der Waals surface area contributed by atoms with Crippen LogP contribution in [0.5, 0.6) is 0 Å². The maximum absolute atomic E-state index is 11.5. The summed E-state index contributed by atoms with van der Waals surface area (Å²) in [7, 11) is 0. The first-order valence-electron chi connectivity index (χ1n) is 9.61. The number of carboxylic acid groups (broad SMARTS) is 1. The van der Waals surface area contributed by atoms with Gasteiger partial charge < -0.3 is 14.7 Å². The topological polar surface area (TPSA) is 70.9 Å². The van der Waals surface area contributed by atoms with E-state index < -0.39 is 5.97 Å². The third-order valence-corrected chi connectivity index (χ3v) is 5.45. The van der Waals surface area contributed by atoms with Gasteiger partial charge in [0, 0.05) is 23.1 Å². The predicted octanol–water partition coefficient (Wildman–Crippen LogP) is 4.80. The van der Waals surface area contributed by atoms with Crippen molar-refractivity contribution in [1.29, 1.82) is 0 Å². The molecule has 1 aromatic carbocycles. The number of carboxylic acids is 1. The van der Waals surface area contributed by atoms with E-state index in [2.05, 4.69) is 21.5 Å². The highest BCUT2D eigenvalue weighted by Crippen LogP contribution is 2.38. The van der Waals surface area contributed by atoms with Crippen LogP contribution in [-0.2, 0) is 19.4 Å². The summed E-state index contributed by atoms with van der Waals surface area (Å²) in [6.07, 6.45) is 9.65. The fourth-order valence-corrected chi connectivity index (χ4v) is 4.17. The third-order valence-electron chi connectivity index (χ3n) is 5.45. The zero-order chi connectivity index (χ0) is 18.1. The Hall–Kier alpha value is -2.56. The van der Waals surface area contributed by atoms with E-state index in [4.69, 9.17) is 0 Å². The maximum Gasteiger partial charge on any atom is 0.335 e. The summed E-state index contributed by atoms with van der Waals surface area (Å²) in [5.74, 6) is -0.874. The van der Waals surface area contributed by atoms with E-state index in [9.17, 15) is 9.90 Å². The van der Waals surface area contributed by atoms with Gasteiger partial charge in [0.2, 0.25) is 0 Å². The first kappa shape index (κ1) is 16.9. The van der Waals surface area contributed by atoms with Gasteiger partial charge in [0.1, 0.15) is 5.69 Å². The van der Waals surface area contributed by atoms with E-state index in [0.717, 1.165) is 43.4 Å². The van der Waals surface area contributed by atoms with Gasteiger partial charge in [-0.25, -0.2) is 9.78 Å². The smallest absolute Gasteiger partial charge is 0.335 e. The molecule has 0 atom stereocenters. The van der Waals surface area contributed by atoms with Crippen molar-refractivity contribution >= 4 is 16.9 Å². The van der Waals surface area contributed by atoms with Crippen molar-refractivity contribution < 1.29 is 9.90 Å². The number of fused-ring (bicyclic) bond motifs is 5. The molecule has 3 heterocycles. The zero-order valence-electron chi connectivity index (χ0n) is 15.2. The molecule has 0 spiro atoms. The van der Waals surface area contributed by atoms with Gasteiger partial charge in [0.15, 0.2) is 0 Å². The van der Waals surface area contributed by atoms with Crippen molar-refractivity contribution in [1.82, 2.24) is 14.5 Å². The number of aromatic amines is 1. The Morgan fingerprint density at radius 2 is 2.19 bits per heavy atom. The number of hydrogen-bond donors (Lipinski definition) is 2. The standard InChI is InChI=1S/C21H25N3O2/c1-2-3-4-5-7-16-15-10-9-14(21(25)26)12-18(15)24-11-6-8-17-19(20(16)24)23-13-22-17/h9-10,12-13H,2-8,11H2,1H3,(H,22,23)(H,25,26). The molecule has 2 aromatic heterocycles. The van der Waals surface area contributed by atoms with E-state index in [1.54, 1.807) is 12.4 Å². The monoisotopic (exact) mass is 351 g/mol. The second kappa shape index (κ2) is 6.98. The van der Waals surface area contributed by atoms with Crippen LogP contribution in [0.3, 0.4) is 0 Å². The lowest BCUT2D eigenvalue weighted by atomic mass is 10.00. The molecule has 5 nitrogen and oxygen atoms in total. The number of hydrogen-bond acceptors (Lipinski definition) is 2. The minimum absolute atomic E-state index is 0.349. The third kappa shape index (κ3) is 2.81. The number of aryl methyl sites for hydroxylation is 3. The highest BCUT2D eigenvalue weighted by molar-refractivity contribution is 5.97. The largest absolute Gasteiger partial charge is 0.478 e. The SMILES string of the molecule is CCCCCCc1c2n(c3cc(C(=O)O)ccc13)CCCc1[nH]cnc1-2. The second-order valence-electron chi connectivity index (χ2n) is 7.16. The predicted molar refractivity (Wildman–Crippen MR) is 103 cm³/mol. The maximum atomic E-state index is 11.5. The van der Waals surface area contributed by atoms with Crippen LogP contribution in [-0.4, -0.2) is 25.6 Å². The molecule has 0 aliphatic carbocycles. The number of benzene rings is 1. The molecule has 2 N–H and O–H groups in total. The molecule has 1 aliphatic heterocycles. The average molecular weight is 351 g/mol. The van der Waals surface area contributed by atoms with E-state index in [0.29, 0.717) is 5.56 Å². The van der Waals surface area contributed by atoms with Gasteiger partial charge in [-0.15, -0.1) is 0 Å². The number of nitrogens with one attached hydrogen (secondary N) is 1. The molecule has 26 heavy (non-hydrogen) atoms. The number of carbonyl (C=O) groups is 1. The van der Waals surface area contributed by atoms with Crippen LogP contribution in [0.4, 0.5) is 0 Å². The fourth-order valence-electron chi connectivity index (χ4n) is 4.17. The number of aromatic carboxylic acids is 1. The summed E-state index contributed by atoms with van der Waals surface area (Å²) in [6.45, 7) is 3.12. The van der Waals surface area contributed by atoms with Gasteiger partial charge in [-0.1, -0.05) is 32.3 Å².